The van der Waals surface area contributed by atoms with Crippen molar-refractivity contribution >= 4 is 95.4 Å². The van der Waals surface area contributed by atoms with Gasteiger partial charge in [-0.15, -0.1) is 0 Å². The van der Waals surface area contributed by atoms with Gasteiger partial charge in [-0.05, 0) is 104 Å². The molecule has 0 aliphatic heterocycles. The summed E-state index contributed by atoms with van der Waals surface area (Å²) in [6, 6.07) is 12.0. The molecule has 3 aromatic carbocycles. The molecule has 6 aromatic rings. The van der Waals surface area contributed by atoms with Crippen molar-refractivity contribution in [2.45, 2.75) is 77.6 Å². The van der Waals surface area contributed by atoms with Crippen molar-refractivity contribution < 1.29 is 28.6 Å². The number of ether oxygens (including phenoxy) is 3. The first kappa shape index (κ1) is 48.0. The lowest BCUT2D eigenvalue weighted by atomic mass is 9.93. The molecule has 0 radical (unpaired) electrons. The van der Waals surface area contributed by atoms with Crippen LogP contribution in [-0.4, -0.2) is 74.6 Å². The molecule has 0 fully saturated rings. The van der Waals surface area contributed by atoms with E-state index >= 15 is 0 Å². The van der Waals surface area contributed by atoms with Crippen LogP contribution >= 0.6 is 43.5 Å². The van der Waals surface area contributed by atoms with Gasteiger partial charge in [0.05, 0.1) is 34.8 Å². The number of methoxy groups -OCH3 is 2. The number of H-pyrrole nitrogens is 3. The quantitative estimate of drug-likeness (QED) is 0.0394. The Hall–Kier alpha value is -4.66. The molecule has 0 bridgehead atoms. The third-order valence-corrected chi connectivity index (χ3v) is 11.9. The monoisotopic (exact) mass is 970 g/mol. The number of nitrogens with one attached hydrogen (secondary N) is 6. The zero-order valence-corrected chi connectivity index (χ0v) is 39.0. The molecule has 3 amide bonds. The molecule has 60 heavy (non-hydrogen) atoms. The molecule has 3 aromatic heterocycles. The SMILES string of the molecule is CCCCC(CNC=O)c1c[nH]c2cc(Br)c(OC)cc12.CCCOc1cc2c(C(CC)CNC=O)c[nH]c2cc1Cl.COc1cc2c(C(C)CNC=O)c[nH]c2cc1Br. The highest BCUT2D eigenvalue weighted by atomic mass is 79.9. The number of fused-ring (bicyclic) bond motifs is 3. The van der Waals surface area contributed by atoms with Gasteiger partial charge in [0, 0.05) is 88.7 Å². The molecule has 324 valence electrons. The minimum absolute atomic E-state index is 0.245. The summed E-state index contributed by atoms with van der Waals surface area (Å²) in [6.07, 6.45) is 13.5. The zero-order valence-electron chi connectivity index (χ0n) is 35.1. The van der Waals surface area contributed by atoms with E-state index in [4.69, 9.17) is 25.8 Å². The van der Waals surface area contributed by atoms with Crippen LogP contribution in [0.15, 0.2) is 63.9 Å². The van der Waals surface area contributed by atoms with E-state index in [2.05, 4.69) is 90.5 Å². The molecule has 6 N–H and O–H groups in total. The lowest BCUT2D eigenvalue weighted by Gasteiger charge is -2.16. The molecule has 0 aliphatic carbocycles. The van der Waals surface area contributed by atoms with Crippen molar-refractivity contribution in [2.24, 2.45) is 0 Å². The molecule has 0 aliphatic rings. The number of amides is 3. The number of carbonyl (C=O) groups excluding carboxylic acids is 3. The van der Waals surface area contributed by atoms with Gasteiger partial charge in [-0.3, -0.25) is 14.4 Å². The summed E-state index contributed by atoms with van der Waals surface area (Å²) in [5.74, 6) is 3.17. The van der Waals surface area contributed by atoms with Crippen molar-refractivity contribution in [2.75, 3.05) is 40.5 Å². The number of halogens is 3. The molecule has 3 heterocycles. The average Bonchev–Trinajstić information content (AvgIpc) is 3.98. The first-order valence-corrected chi connectivity index (χ1v) is 22.2. The fourth-order valence-corrected chi connectivity index (χ4v) is 8.39. The number of hydrogen-bond acceptors (Lipinski definition) is 6. The Bertz CT molecular complexity index is 2290. The number of carbonyl (C=O) groups is 3. The van der Waals surface area contributed by atoms with Crippen molar-refractivity contribution in [3.05, 3.63) is 85.6 Å². The Morgan fingerprint density at radius 2 is 1.12 bits per heavy atom. The normalized spacial score (nSPS) is 12.3. The highest BCUT2D eigenvalue weighted by Gasteiger charge is 2.19. The van der Waals surface area contributed by atoms with Gasteiger partial charge in [-0.2, -0.15) is 0 Å². The van der Waals surface area contributed by atoms with E-state index in [9.17, 15) is 14.4 Å². The van der Waals surface area contributed by atoms with Gasteiger partial charge in [0.25, 0.3) is 0 Å². The highest BCUT2D eigenvalue weighted by molar-refractivity contribution is 9.11. The van der Waals surface area contributed by atoms with Crippen LogP contribution in [0.2, 0.25) is 5.02 Å². The number of unbranched alkanes of at least 4 members (excludes halogenated alkanes) is 1. The van der Waals surface area contributed by atoms with Gasteiger partial charge in [0.2, 0.25) is 19.2 Å². The van der Waals surface area contributed by atoms with Crippen molar-refractivity contribution in [1.29, 1.82) is 0 Å². The van der Waals surface area contributed by atoms with Gasteiger partial charge in [-0.1, -0.05) is 52.1 Å². The minimum Gasteiger partial charge on any atom is -0.496 e. The number of aromatic amines is 3. The molecule has 0 saturated heterocycles. The van der Waals surface area contributed by atoms with Crippen LogP contribution in [0.5, 0.6) is 17.2 Å². The van der Waals surface area contributed by atoms with Crippen LogP contribution in [0.1, 0.15) is 94.2 Å². The lowest BCUT2D eigenvalue weighted by Crippen LogP contribution is -2.19. The van der Waals surface area contributed by atoms with E-state index in [1.54, 1.807) is 14.2 Å². The van der Waals surface area contributed by atoms with Gasteiger partial charge in [0.15, 0.2) is 0 Å². The summed E-state index contributed by atoms with van der Waals surface area (Å²) in [6.45, 7) is 11.0. The molecule has 3 unspecified atom stereocenters. The first-order valence-electron chi connectivity index (χ1n) is 20.2. The number of aromatic nitrogens is 3. The summed E-state index contributed by atoms with van der Waals surface area (Å²) >= 11 is 13.2. The van der Waals surface area contributed by atoms with E-state index in [1.165, 1.54) is 16.7 Å². The Balaban J connectivity index is 0.000000199. The van der Waals surface area contributed by atoms with E-state index in [0.717, 1.165) is 104 Å². The summed E-state index contributed by atoms with van der Waals surface area (Å²) in [4.78, 5) is 41.3. The second-order valence-electron chi connectivity index (χ2n) is 14.4. The topological polar surface area (TPSA) is 162 Å². The second kappa shape index (κ2) is 24.6. The van der Waals surface area contributed by atoms with Gasteiger partial charge in [0.1, 0.15) is 17.2 Å². The molecular formula is C45H57Br2ClN6O6. The Labute approximate surface area is 373 Å². The van der Waals surface area contributed by atoms with E-state index in [1.807, 2.05) is 55.0 Å². The standard InChI is InChI=1S/C16H21BrN2O2.C16H21ClN2O2.C13H15BrN2O2/c1-3-4-5-11(8-18-10-20)13-9-19-15-7-14(17)16(21-2)6-12(13)15;1-3-5-21-16-6-12-13(11(4-2)8-18-10-20)9-19-15(12)7-14(16)17;1-8(5-15-7-17)10-6-16-12-4-11(14)13(18-2)3-9(10)12/h2*6-7,9-11,19H,3-5,8H2,1-2H3,(H,18,20);3-4,6-8,16H,5H2,1-2H3,(H,15,17). The van der Waals surface area contributed by atoms with Crippen LogP contribution in [0.3, 0.4) is 0 Å². The Kier molecular flexibility index (Phi) is 19.7. The van der Waals surface area contributed by atoms with Crippen LogP contribution in [0.25, 0.3) is 32.7 Å². The molecule has 3 atom stereocenters. The summed E-state index contributed by atoms with van der Waals surface area (Å²) < 4.78 is 18.2. The molecule has 15 heteroatoms. The molecule has 12 nitrogen and oxygen atoms in total. The van der Waals surface area contributed by atoms with Crippen LogP contribution in [-0.2, 0) is 14.4 Å². The molecule has 6 rings (SSSR count). The predicted octanol–water partition coefficient (Wildman–Crippen LogP) is 10.6. The van der Waals surface area contributed by atoms with Gasteiger partial charge >= 0.3 is 0 Å². The van der Waals surface area contributed by atoms with Crippen LogP contribution < -0.4 is 30.2 Å². The Morgan fingerprint density at radius 1 is 0.650 bits per heavy atom. The second-order valence-corrected chi connectivity index (χ2v) is 16.5. The lowest BCUT2D eigenvalue weighted by molar-refractivity contribution is -0.110. The van der Waals surface area contributed by atoms with Crippen LogP contribution in [0.4, 0.5) is 0 Å². The van der Waals surface area contributed by atoms with Gasteiger partial charge < -0.3 is 45.1 Å². The maximum absolute atomic E-state index is 10.6. The largest absolute Gasteiger partial charge is 0.496 e. The summed E-state index contributed by atoms with van der Waals surface area (Å²) in [5.41, 5.74) is 6.70. The number of rotatable bonds is 21. The van der Waals surface area contributed by atoms with E-state index < -0.39 is 0 Å². The Morgan fingerprint density at radius 3 is 1.62 bits per heavy atom. The third-order valence-electron chi connectivity index (χ3n) is 10.4. The van der Waals surface area contributed by atoms with Gasteiger partial charge in [-0.25, -0.2) is 0 Å². The maximum Gasteiger partial charge on any atom is 0.207 e. The number of hydrogen-bond donors (Lipinski definition) is 6. The average molecular weight is 973 g/mol. The zero-order chi connectivity index (χ0) is 43.6. The minimum atomic E-state index is 0.245. The highest BCUT2D eigenvalue weighted by Crippen LogP contribution is 2.37. The molecule has 0 spiro atoms. The number of benzene rings is 3. The van der Waals surface area contributed by atoms with E-state index in [0.29, 0.717) is 42.9 Å². The van der Waals surface area contributed by atoms with Crippen molar-refractivity contribution in [3.8, 4) is 17.2 Å². The summed E-state index contributed by atoms with van der Waals surface area (Å²) in [5, 5.41) is 12.3. The molecular weight excluding hydrogens is 916 g/mol. The predicted molar refractivity (Wildman–Crippen MR) is 250 cm³/mol. The molecule has 0 saturated carbocycles. The third kappa shape index (κ3) is 12.4. The smallest absolute Gasteiger partial charge is 0.207 e. The first-order chi connectivity index (χ1) is 29.1. The fraction of sp³-hybridized carbons (Fsp3) is 0.400. The summed E-state index contributed by atoms with van der Waals surface area (Å²) in [7, 11) is 3.32. The van der Waals surface area contributed by atoms with Crippen LogP contribution in [0, 0.1) is 0 Å². The fourth-order valence-electron chi connectivity index (χ4n) is 7.16. The maximum atomic E-state index is 10.6. The van der Waals surface area contributed by atoms with Crippen molar-refractivity contribution in [3.63, 3.8) is 0 Å². The van der Waals surface area contributed by atoms with E-state index in [-0.39, 0.29) is 11.8 Å². The van der Waals surface area contributed by atoms with Crippen molar-refractivity contribution in [1.82, 2.24) is 30.9 Å².